The lowest BCUT2D eigenvalue weighted by molar-refractivity contribution is -0.146. The highest BCUT2D eigenvalue weighted by Gasteiger charge is 2.19. The van der Waals surface area contributed by atoms with Crippen molar-refractivity contribution in [2.24, 2.45) is 0 Å². The van der Waals surface area contributed by atoms with Crippen LogP contribution in [0.1, 0.15) is 5.56 Å². The van der Waals surface area contributed by atoms with E-state index in [1.54, 1.807) is 12.1 Å². The molecule has 0 bridgehead atoms. The van der Waals surface area contributed by atoms with Gasteiger partial charge in [-0.05, 0) is 11.6 Å². The molecule has 0 aliphatic heterocycles. The number of aliphatic hydroxyl groups is 1. The van der Waals surface area contributed by atoms with Gasteiger partial charge in [0.2, 0.25) is 0 Å². The van der Waals surface area contributed by atoms with E-state index >= 15 is 0 Å². The molecular formula is C11H13ClO5. The molecule has 1 atom stereocenters. The van der Waals surface area contributed by atoms with Gasteiger partial charge >= 0.3 is 5.97 Å². The van der Waals surface area contributed by atoms with Crippen molar-refractivity contribution in [3.63, 3.8) is 0 Å². The molecule has 0 radical (unpaired) electrons. The third kappa shape index (κ3) is 3.01. The predicted molar refractivity (Wildman–Crippen MR) is 61.9 cm³/mol. The number of halogens is 1. The first-order valence-electron chi connectivity index (χ1n) is 4.81. The van der Waals surface area contributed by atoms with Gasteiger partial charge in [0, 0.05) is 6.42 Å². The Morgan fingerprint density at radius 3 is 2.53 bits per heavy atom. The molecular weight excluding hydrogens is 248 g/mol. The maximum Gasteiger partial charge on any atom is 0.332 e. The van der Waals surface area contributed by atoms with E-state index in [9.17, 15) is 9.90 Å². The molecule has 1 aromatic rings. The van der Waals surface area contributed by atoms with E-state index in [4.69, 9.17) is 26.2 Å². The zero-order valence-corrected chi connectivity index (χ0v) is 10.2. The van der Waals surface area contributed by atoms with Crippen LogP contribution in [0.25, 0.3) is 0 Å². The molecule has 0 saturated heterocycles. The lowest BCUT2D eigenvalue weighted by Gasteiger charge is -2.13. The number of aliphatic carboxylic acids is 1. The number of methoxy groups -OCH3 is 2. The van der Waals surface area contributed by atoms with E-state index in [0.717, 1.165) is 0 Å². The molecule has 0 aliphatic rings. The molecule has 0 saturated carbocycles. The molecule has 17 heavy (non-hydrogen) atoms. The third-order valence-electron chi connectivity index (χ3n) is 2.26. The summed E-state index contributed by atoms with van der Waals surface area (Å²) in [5.74, 6) is -0.522. The topological polar surface area (TPSA) is 76.0 Å². The molecule has 0 amide bonds. The fraction of sp³-hybridized carbons (Fsp3) is 0.364. The van der Waals surface area contributed by atoms with Crippen LogP contribution in [0.2, 0.25) is 5.02 Å². The number of benzene rings is 1. The summed E-state index contributed by atoms with van der Waals surface area (Å²) < 4.78 is 10.1. The first-order valence-corrected chi connectivity index (χ1v) is 5.19. The van der Waals surface area contributed by atoms with Crippen molar-refractivity contribution in [1.82, 2.24) is 0 Å². The molecule has 1 unspecified atom stereocenters. The summed E-state index contributed by atoms with van der Waals surface area (Å²) >= 11 is 6.03. The van der Waals surface area contributed by atoms with Crippen LogP contribution in [-0.4, -0.2) is 36.5 Å². The summed E-state index contributed by atoms with van der Waals surface area (Å²) in [6.07, 6.45) is -1.58. The van der Waals surface area contributed by atoms with Gasteiger partial charge in [-0.3, -0.25) is 0 Å². The van der Waals surface area contributed by atoms with E-state index in [-0.39, 0.29) is 11.4 Å². The average Bonchev–Trinajstić information content (AvgIpc) is 2.31. The summed E-state index contributed by atoms with van der Waals surface area (Å²) in [6.45, 7) is 0. The monoisotopic (exact) mass is 260 g/mol. The van der Waals surface area contributed by atoms with Crippen molar-refractivity contribution < 1.29 is 24.5 Å². The molecule has 94 valence electrons. The van der Waals surface area contributed by atoms with Crippen molar-refractivity contribution in [1.29, 1.82) is 0 Å². The maximum atomic E-state index is 10.5. The minimum absolute atomic E-state index is 0.0888. The van der Waals surface area contributed by atoms with Crippen LogP contribution in [0, 0.1) is 0 Å². The average molecular weight is 261 g/mol. The zero-order chi connectivity index (χ0) is 13.0. The number of hydrogen-bond donors (Lipinski definition) is 2. The Bertz CT molecular complexity index is 419. The Labute approximate surface area is 104 Å². The van der Waals surface area contributed by atoms with Crippen LogP contribution in [0.4, 0.5) is 0 Å². The normalized spacial score (nSPS) is 12.0. The second kappa shape index (κ2) is 5.75. The standard InChI is InChI=1S/C11H13ClO5/c1-16-8-4-3-6(5-7(13)11(14)15)9(12)10(8)17-2/h3-4,7,13H,5H2,1-2H3,(H,14,15). The zero-order valence-electron chi connectivity index (χ0n) is 9.44. The molecule has 0 aromatic heterocycles. The number of carboxylic acid groups (broad SMARTS) is 1. The number of rotatable bonds is 5. The van der Waals surface area contributed by atoms with Crippen molar-refractivity contribution in [3.8, 4) is 11.5 Å². The molecule has 1 aromatic carbocycles. The molecule has 0 fully saturated rings. The third-order valence-corrected chi connectivity index (χ3v) is 2.68. The van der Waals surface area contributed by atoms with Crippen molar-refractivity contribution in [2.75, 3.05) is 14.2 Å². The summed E-state index contributed by atoms with van der Waals surface area (Å²) in [6, 6.07) is 3.20. The van der Waals surface area contributed by atoms with Gasteiger partial charge in [0.15, 0.2) is 17.6 Å². The van der Waals surface area contributed by atoms with Gasteiger partial charge in [-0.15, -0.1) is 0 Å². The fourth-order valence-electron chi connectivity index (χ4n) is 1.38. The molecule has 5 nitrogen and oxygen atoms in total. The van der Waals surface area contributed by atoms with E-state index in [2.05, 4.69) is 0 Å². The largest absolute Gasteiger partial charge is 0.493 e. The number of carbonyl (C=O) groups is 1. The van der Waals surface area contributed by atoms with E-state index < -0.39 is 12.1 Å². The SMILES string of the molecule is COc1ccc(CC(O)C(=O)O)c(Cl)c1OC. The number of ether oxygens (including phenoxy) is 2. The Hall–Kier alpha value is -1.46. The number of carboxylic acids is 1. The van der Waals surface area contributed by atoms with Gasteiger partial charge in [0.05, 0.1) is 19.2 Å². The highest BCUT2D eigenvalue weighted by Crippen LogP contribution is 2.37. The Balaban J connectivity index is 3.06. The number of hydrogen-bond acceptors (Lipinski definition) is 4. The first-order chi connectivity index (χ1) is 8.01. The minimum atomic E-state index is -1.49. The fourth-order valence-corrected chi connectivity index (χ4v) is 1.69. The quantitative estimate of drug-likeness (QED) is 0.836. The van der Waals surface area contributed by atoms with Gasteiger partial charge in [-0.1, -0.05) is 17.7 Å². The number of aliphatic hydroxyl groups excluding tert-OH is 1. The van der Waals surface area contributed by atoms with Gasteiger partial charge in [-0.2, -0.15) is 0 Å². The summed E-state index contributed by atoms with van der Waals surface area (Å²) in [7, 11) is 2.90. The minimum Gasteiger partial charge on any atom is -0.493 e. The summed E-state index contributed by atoms with van der Waals surface area (Å²) in [4.78, 5) is 10.5. The van der Waals surface area contributed by atoms with Crippen LogP contribution < -0.4 is 9.47 Å². The maximum absolute atomic E-state index is 10.5. The molecule has 0 spiro atoms. The molecule has 1 rings (SSSR count). The second-order valence-electron chi connectivity index (χ2n) is 3.33. The Morgan fingerprint density at radius 1 is 1.41 bits per heavy atom. The summed E-state index contributed by atoms with van der Waals surface area (Å²) in [5, 5.41) is 18.1. The van der Waals surface area contributed by atoms with E-state index in [0.29, 0.717) is 17.1 Å². The molecule has 0 heterocycles. The van der Waals surface area contributed by atoms with Crippen LogP contribution >= 0.6 is 11.6 Å². The molecule has 6 heteroatoms. The van der Waals surface area contributed by atoms with Gasteiger partial charge in [0.25, 0.3) is 0 Å². The first kappa shape index (κ1) is 13.6. The second-order valence-corrected chi connectivity index (χ2v) is 3.71. The van der Waals surface area contributed by atoms with Crippen LogP contribution in [0.3, 0.4) is 0 Å². The van der Waals surface area contributed by atoms with Crippen LogP contribution in [0.15, 0.2) is 12.1 Å². The van der Waals surface area contributed by atoms with Crippen LogP contribution in [-0.2, 0) is 11.2 Å². The van der Waals surface area contributed by atoms with Gasteiger partial charge < -0.3 is 19.7 Å². The summed E-state index contributed by atoms with van der Waals surface area (Å²) in [5.41, 5.74) is 0.485. The Kier molecular flexibility index (Phi) is 4.60. The van der Waals surface area contributed by atoms with Gasteiger partial charge in [0.1, 0.15) is 0 Å². The lowest BCUT2D eigenvalue weighted by atomic mass is 10.1. The molecule has 2 N–H and O–H groups in total. The highest BCUT2D eigenvalue weighted by atomic mass is 35.5. The molecule has 0 aliphatic carbocycles. The van der Waals surface area contributed by atoms with Gasteiger partial charge in [-0.25, -0.2) is 4.79 Å². The van der Waals surface area contributed by atoms with Crippen molar-refractivity contribution in [3.05, 3.63) is 22.7 Å². The highest BCUT2D eigenvalue weighted by molar-refractivity contribution is 6.33. The smallest absolute Gasteiger partial charge is 0.332 e. The van der Waals surface area contributed by atoms with E-state index in [1.807, 2.05) is 0 Å². The predicted octanol–water partition coefficient (Wildman–Crippen LogP) is 1.35. The van der Waals surface area contributed by atoms with E-state index in [1.165, 1.54) is 14.2 Å². The van der Waals surface area contributed by atoms with Crippen molar-refractivity contribution in [2.45, 2.75) is 12.5 Å². The lowest BCUT2D eigenvalue weighted by Crippen LogP contribution is -2.22. The Morgan fingerprint density at radius 2 is 2.06 bits per heavy atom. The van der Waals surface area contributed by atoms with Crippen molar-refractivity contribution >= 4 is 17.6 Å². The van der Waals surface area contributed by atoms with Crippen LogP contribution in [0.5, 0.6) is 11.5 Å².